The normalized spacial score (nSPS) is 11.1. The van der Waals surface area contributed by atoms with E-state index >= 15 is 0 Å². The zero-order valence-corrected chi connectivity index (χ0v) is 15.8. The van der Waals surface area contributed by atoms with Gasteiger partial charge in [-0.3, -0.25) is 9.59 Å². The fourth-order valence-corrected chi connectivity index (χ4v) is 3.44. The van der Waals surface area contributed by atoms with Crippen LogP contribution in [0.15, 0.2) is 40.6 Å². The van der Waals surface area contributed by atoms with Crippen LogP contribution >= 0.6 is 22.9 Å². The molecule has 2 aromatic rings. The molecular formula is C16H17ClN2O4S2. The van der Waals surface area contributed by atoms with Crippen molar-refractivity contribution in [2.45, 2.75) is 17.7 Å². The van der Waals surface area contributed by atoms with Crippen molar-refractivity contribution in [1.82, 2.24) is 5.32 Å². The molecule has 0 saturated carbocycles. The SMILES string of the molecule is CS(=O)(=O)c1ccc(Cl)c(NC(=O)CCCNC(=O)c2cccs2)c1. The molecule has 0 fully saturated rings. The highest BCUT2D eigenvalue weighted by Gasteiger charge is 2.12. The first kappa shape index (κ1) is 19.4. The number of sulfone groups is 1. The van der Waals surface area contributed by atoms with Crippen LogP contribution < -0.4 is 10.6 Å². The molecule has 134 valence electrons. The molecule has 0 bridgehead atoms. The molecule has 0 spiro atoms. The Bertz CT molecular complexity index is 864. The van der Waals surface area contributed by atoms with Crippen molar-refractivity contribution in [3.05, 3.63) is 45.6 Å². The van der Waals surface area contributed by atoms with Gasteiger partial charge in [0.2, 0.25) is 5.91 Å². The van der Waals surface area contributed by atoms with E-state index in [0.29, 0.717) is 17.8 Å². The molecular weight excluding hydrogens is 384 g/mol. The minimum Gasteiger partial charge on any atom is -0.351 e. The summed E-state index contributed by atoms with van der Waals surface area (Å²) < 4.78 is 23.1. The zero-order valence-electron chi connectivity index (χ0n) is 13.4. The number of rotatable bonds is 7. The molecule has 0 radical (unpaired) electrons. The highest BCUT2D eigenvalue weighted by molar-refractivity contribution is 7.90. The largest absolute Gasteiger partial charge is 0.351 e. The van der Waals surface area contributed by atoms with Crippen LogP contribution in [0, 0.1) is 0 Å². The van der Waals surface area contributed by atoms with Gasteiger partial charge in [0.15, 0.2) is 9.84 Å². The Morgan fingerprint density at radius 3 is 2.64 bits per heavy atom. The van der Waals surface area contributed by atoms with Crippen LogP contribution in [0.3, 0.4) is 0 Å². The molecule has 1 aromatic carbocycles. The second-order valence-corrected chi connectivity index (χ2v) is 8.67. The Morgan fingerprint density at radius 2 is 2.00 bits per heavy atom. The summed E-state index contributed by atoms with van der Waals surface area (Å²) in [7, 11) is -3.39. The number of hydrogen-bond acceptors (Lipinski definition) is 5. The van der Waals surface area contributed by atoms with E-state index in [4.69, 9.17) is 11.6 Å². The quantitative estimate of drug-likeness (QED) is 0.699. The smallest absolute Gasteiger partial charge is 0.261 e. The van der Waals surface area contributed by atoms with Gasteiger partial charge in [-0.05, 0) is 36.1 Å². The topological polar surface area (TPSA) is 92.3 Å². The third-order valence-electron chi connectivity index (χ3n) is 3.25. The Morgan fingerprint density at radius 1 is 1.24 bits per heavy atom. The van der Waals surface area contributed by atoms with Crippen molar-refractivity contribution in [2.24, 2.45) is 0 Å². The summed E-state index contributed by atoms with van der Waals surface area (Å²) in [6, 6.07) is 7.65. The number of halogens is 1. The van der Waals surface area contributed by atoms with Crippen LogP contribution in [0.1, 0.15) is 22.5 Å². The molecule has 1 aromatic heterocycles. The van der Waals surface area contributed by atoms with Gasteiger partial charge in [-0.2, -0.15) is 0 Å². The maximum atomic E-state index is 12.0. The maximum Gasteiger partial charge on any atom is 0.261 e. The molecule has 0 unspecified atom stereocenters. The molecule has 9 heteroatoms. The van der Waals surface area contributed by atoms with Crippen molar-refractivity contribution in [2.75, 3.05) is 18.1 Å². The number of anilines is 1. The Labute approximate surface area is 155 Å². The average molecular weight is 401 g/mol. The third-order valence-corrected chi connectivity index (χ3v) is 5.56. The molecule has 1 heterocycles. The summed E-state index contributed by atoms with van der Waals surface area (Å²) in [6.07, 6.45) is 1.70. The molecule has 2 rings (SSSR count). The number of carbonyl (C=O) groups excluding carboxylic acids is 2. The van der Waals surface area contributed by atoms with Gasteiger partial charge in [-0.25, -0.2) is 8.42 Å². The van der Waals surface area contributed by atoms with E-state index < -0.39 is 9.84 Å². The van der Waals surface area contributed by atoms with E-state index in [-0.39, 0.29) is 33.8 Å². The number of amides is 2. The van der Waals surface area contributed by atoms with Crippen LogP contribution in [0.5, 0.6) is 0 Å². The fraction of sp³-hybridized carbons (Fsp3) is 0.250. The Kier molecular flexibility index (Phi) is 6.57. The van der Waals surface area contributed by atoms with Crippen LogP contribution in [0.4, 0.5) is 5.69 Å². The van der Waals surface area contributed by atoms with Crippen LogP contribution in [0.2, 0.25) is 5.02 Å². The van der Waals surface area contributed by atoms with Gasteiger partial charge in [-0.15, -0.1) is 11.3 Å². The monoisotopic (exact) mass is 400 g/mol. The number of thiophene rings is 1. The summed E-state index contributed by atoms with van der Waals surface area (Å²) in [5, 5.41) is 7.40. The summed E-state index contributed by atoms with van der Waals surface area (Å²) in [5.74, 6) is -0.475. The Hall–Kier alpha value is -1.90. The van der Waals surface area contributed by atoms with Crippen molar-refractivity contribution < 1.29 is 18.0 Å². The van der Waals surface area contributed by atoms with E-state index in [2.05, 4.69) is 10.6 Å². The van der Waals surface area contributed by atoms with Crippen molar-refractivity contribution >= 4 is 50.3 Å². The molecule has 2 N–H and O–H groups in total. The molecule has 6 nitrogen and oxygen atoms in total. The molecule has 0 aliphatic heterocycles. The number of carbonyl (C=O) groups is 2. The standard InChI is InChI=1S/C16H17ClN2O4S2/c1-25(22,23)11-6-7-12(17)13(10-11)19-15(20)5-2-8-18-16(21)14-4-3-9-24-14/h3-4,6-7,9-10H,2,5,8H2,1H3,(H,18,21)(H,19,20). The Balaban J connectivity index is 1.83. The first-order valence-corrected chi connectivity index (χ1v) is 10.5. The molecule has 0 aliphatic carbocycles. The lowest BCUT2D eigenvalue weighted by Gasteiger charge is -2.09. The number of benzene rings is 1. The van der Waals surface area contributed by atoms with Crippen molar-refractivity contribution in [3.63, 3.8) is 0 Å². The van der Waals surface area contributed by atoms with Crippen LogP contribution in [0.25, 0.3) is 0 Å². The van der Waals surface area contributed by atoms with Gasteiger partial charge in [0.25, 0.3) is 5.91 Å². The second kappa shape index (κ2) is 8.46. The molecule has 25 heavy (non-hydrogen) atoms. The lowest BCUT2D eigenvalue weighted by Crippen LogP contribution is -2.24. The van der Waals surface area contributed by atoms with E-state index in [1.54, 1.807) is 12.1 Å². The highest BCUT2D eigenvalue weighted by Crippen LogP contribution is 2.25. The van der Waals surface area contributed by atoms with Gasteiger partial charge < -0.3 is 10.6 Å². The predicted molar refractivity (Wildman–Crippen MR) is 99.1 cm³/mol. The summed E-state index contributed by atoms with van der Waals surface area (Å²) in [5.41, 5.74) is 0.247. The lowest BCUT2D eigenvalue weighted by molar-refractivity contribution is -0.116. The zero-order chi connectivity index (χ0) is 18.4. The number of hydrogen-bond donors (Lipinski definition) is 2. The summed E-state index contributed by atoms with van der Waals surface area (Å²) in [6.45, 7) is 0.362. The fourth-order valence-electron chi connectivity index (χ4n) is 1.99. The number of nitrogens with one attached hydrogen (secondary N) is 2. The molecule has 0 saturated heterocycles. The van der Waals surface area contributed by atoms with Gasteiger partial charge >= 0.3 is 0 Å². The van der Waals surface area contributed by atoms with E-state index in [1.165, 1.54) is 29.5 Å². The van der Waals surface area contributed by atoms with E-state index in [1.807, 2.05) is 5.38 Å². The van der Waals surface area contributed by atoms with E-state index in [0.717, 1.165) is 6.26 Å². The van der Waals surface area contributed by atoms with Gasteiger partial charge in [-0.1, -0.05) is 17.7 Å². The second-order valence-electron chi connectivity index (χ2n) is 5.30. The molecule has 0 atom stereocenters. The summed E-state index contributed by atoms with van der Waals surface area (Å²) in [4.78, 5) is 24.4. The van der Waals surface area contributed by atoms with Gasteiger partial charge in [0.05, 0.1) is 20.5 Å². The van der Waals surface area contributed by atoms with Crippen molar-refractivity contribution in [3.8, 4) is 0 Å². The van der Waals surface area contributed by atoms with Crippen LogP contribution in [-0.4, -0.2) is 33.0 Å². The first-order valence-electron chi connectivity index (χ1n) is 7.38. The first-order chi connectivity index (χ1) is 11.8. The molecule has 2 amide bonds. The van der Waals surface area contributed by atoms with E-state index in [9.17, 15) is 18.0 Å². The maximum absolute atomic E-state index is 12.0. The molecule has 0 aliphatic rings. The van der Waals surface area contributed by atoms with Gasteiger partial charge in [0.1, 0.15) is 0 Å². The third kappa shape index (κ3) is 5.84. The highest BCUT2D eigenvalue weighted by atomic mass is 35.5. The predicted octanol–water partition coefficient (Wildman–Crippen LogP) is 2.95. The minimum atomic E-state index is -3.39. The lowest BCUT2D eigenvalue weighted by atomic mass is 10.2. The summed E-state index contributed by atoms with van der Waals surface area (Å²) >= 11 is 7.33. The van der Waals surface area contributed by atoms with Crippen molar-refractivity contribution in [1.29, 1.82) is 0 Å². The minimum absolute atomic E-state index is 0.0791. The average Bonchev–Trinajstić information content (AvgIpc) is 3.07. The van der Waals surface area contributed by atoms with Gasteiger partial charge in [0, 0.05) is 19.2 Å². The van der Waals surface area contributed by atoms with Crippen LogP contribution in [-0.2, 0) is 14.6 Å².